The largest absolute Gasteiger partial charge is 0.478 e. The average Bonchev–Trinajstić information content (AvgIpc) is 3.41. The smallest absolute Gasteiger partial charge is 0.339 e. The van der Waals surface area contributed by atoms with E-state index in [0.29, 0.717) is 12.1 Å². The minimum atomic E-state index is -1.08. The van der Waals surface area contributed by atoms with Gasteiger partial charge in [-0.15, -0.1) is 0 Å². The Morgan fingerprint density at radius 1 is 1.13 bits per heavy atom. The topological polar surface area (TPSA) is 107 Å². The summed E-state index contributed by atoms with van der Waals surface area (Å²) in [5.41, 5.74) is 8.25. The van der Waals surface area contributed by atoms with Crippen LogP contribution in [0, 0.1) is 0 Å². The predicted octanol–water partition coefficient (Wildman–Crippen LogP) is 2.80. The number of rotatable bonds is 4. The van der Waals surface area contributed by atoms with Gasteiger partial charge in [-0.2, -0.15) is 5.10 Å². The Balaban J connectivity index is 1.38. The molecule has 8 nitrogen and oxygen atoms in total. The highest BCUT2D eigenvalue weighted by Gasteiger charge is 2.30. The Bertz CT molecular complexity index is 1090. The van der Waals surface area contributed by atoms with Gasteiger partial charge in [-0.3, -0.25) is 9.58 Å². The van der Waals surface area contributed by atoms with Crippen LogP contribution in [-0.2, 0) is 4.74 Å². The van der Waals surface area contributed by atoms with Crippen LogP contribution in [0.5, 0.6) is 0 Å². The third kappa shape index (κ3) is 3.53. The van der Waals surface area contributed by atoms with Crippen LogP contribution in [0.1, 0.15) is 35.7 Å². The number of aromatic carboxylic acids is 1. The van der Waals surface area contributed by atoms with Gasteiger partial charge in [-0.05, 0) is 43.0 Å². The van der Waals surface area contributed by atoms with Crippen molar-refractivity contribution in [1.29, 1.82) is 0 Å². The molecule has 2 fully saturated rings. The predicted molar refractivity (Wildman–Crippen MR) is 113 cm³/mol. The first-order valence-corrected chi connectivity index (χ1v) is 10.4. The second-order valence-electron chi connectivity index (χ2n) is 8.13. The first-order chi connectivity index (χ1) is 14.6. The molecule has 0 radical (unpaired) electrons. The van der Waals surface area contributed by atoms with Crippen LogP contribution in [-0.4, -0.2) is 63.1 Å². The van der Waals surface area contributed by atoms with E-state index in [0.717, 1.165) is 67.6 Å². The Hall–Kier alpha value is -2.97. The molecule has 0 spiro atoms. The number of hydrogen-bond acceptors (Lipinski definition) is 6. The zero-order valence-electron chi connectivity index (χ0n) is 16.7. The first kappa shape index (κ1) is 19.0. The number of fused-ring (bicyclic) bond motifs is 1. The number of pyridine rings is 1. The number of benzene rings is 1. The van der Waals surface area contributed by atoms with Crippen LogP contribution in [0.25, 0.3) is 22.0 Å². The molecule has 4 heterocycles. The van der Waals surface area contributed by atoms with E-state index in [2.05, 4.69) is 20.8 Å². The van der Waals surface area contributed by atoms with Crippen molar-refractivity contribution < 1.29 is 14.6 Å². The molecule has 2 aromatic heterocycles. The average molecular weight is 407 g/mol. The number of nitrogens with zero attached hydrogens (tertiary/aromatic N) is 4. The molecular weight excluding hydrogens is 382 g/mol. The molecule has 1 atom stereocenters. The van der Waals surface area contributed by atoms with E-state index in [4.69, 9.17) is 15.6 Å². The van der Waals surface area contributed by atoms with Crippen molar-refractivity contribution >= 4 is 22.7 Å². The van der Waals surface area contributed by atoms with Crippen molar-refractivity contribution in [2.45, 2.75) is 31.3 Å². The fourth-order valence-electron chi connectivity index (χ4n) is 4.58. The monoisotopic (exact) mass is 407 g/mol. The molecule has 2 aliphatic heterocycles. The Labute approximate surface area is 174 Å². The maximum absolute atomic E-state index is 11.4. The van der Waals surface area contributed by atoms with E-state index in [1.807, 2.05) is 18.2 Å². The standard InChI is InChI=1S/C22H25N5O3/c23-21-19(22(28)29)10-15(11-24-21)14-1-2-20-16(9-14)12-27(25-20)18-3-6-26(13-18)17-4-7-30-8-5-17/h1-2,9-12,17-18H,3-8,13H2,(H2,23,24)(H,28,29)/t18-/m1/s1. The summed E-state index contributed by atoms with van der Waals surface area (Å²) in [6.45, 7) is 3.86. The summed E-state index contributed by atoms with van der Waals surface area (Å²) in [5.74, 6) is -1.05. The summed E-state index contributed by atoms with van der Waals surface area (Å²) in [6.07, 6.45) is 7.04. The van der Waals surface area contributed by atoms with Crippen molar-refractivity contribution in [3.63, 3.8) is 0 Å². The van der Waals surface area contributed by atoms with Gasteiger partial charge in [0.2, 0.25) is 0 Å². The van der Waals surface area contributed by atoms with E-state index in [9.17, 15) is 9.90 Å². The van der Waals surface area contributed by atoms with Gasteiger partial charge >= 0.3 is 5.97 Å². The maximum atomic E-state index is 11.4. The second kappa shape index (κ2) is 7.70. The number of likely N-dealkylation sites (tertiary alicyclic amines) is 1. The van der Waals surface area contributed by atoms with E-state index in [1.54, 1.807) is 12.3 Å². The van der Waals surface area contributed by atoms with Crippen molar-refractivity contribution in [3.05, 3.63) is 42.2 Å². The summed E-state index contributed by atoms with van der Waals surface area (Å²) < 4.78 is 7.59. The highest BCUT2D eigenvalue weighted by molar-refractivity contribution is 5.94. The summed E-state index contributed by atoms with van der Waals surface area (Å²) in [7, 11) is 0. The number of anilines is 1. The van der Waals surface area contributed by atoms with E-state index < -0.39 is 5.97 Å². The lowest BCUT2D eigenvalue weighted by atomic mass is 10.0. The number of carboxylic acids is 1. The SMILES string of the molecule is Nc1ncc(-c2ccc3nn([C@@H]4CCN(C5CCOCC5)C4)cc3c2)cc1C(=O)O. The molecule has 156 valence electrons. The van der Waals surface area contributed by atoms with E-state index in [1.165, 1.54) is 0 Å². The molecule has 30 heavy (non-hydrogen) atoms. The van der Waals surface area contributed by atoms with Crippen LogP contribution in [0.15, 0.2) is 36.7 Å². The molecular formula is C22H25N5O3. The number of ether oxygens (including phenoxy) is 1. The molecule has 1 aromatic carbocycles. The van der Waals surface area contributed by atoms with Crippen LogP contribution in [0.3, 0.4) is 0 Å². The van der Waals surface area contributed by atoms with Gasteiger partial charge < -0.3 is 15.6 Å². The zero-order chi connectivity index (χ0) is 20.7. The van der Waals surface area contributed by atoms with Crippen molar-refractivity contribution in [2.24, 2.45) is 0 Å². The molecule has 0 aliphatic carbocycles. The fourth-order valence-corrected chi connectivity index (χ4v) is 4.58. The quantitative estimate of drug-likeness (QED) is 0.685. The normalized spacial score (nSPS) is 20.7. The highest BCUT2D eigenvalue weighted by Crippen LogP contribution is 2.30. The molecule has 3 aromatic rings. The van der Waals surface area contributed by atoms with Gasteiger partial charge in [-0.1, -0.05) is 6.07 Å². The number of nitrogens with two attached hydrogens (primary N) is 1. The lowest BCUT2D eigenvalue weighted by Crippen LogP contribution is -2.38. The molecule has 2 aliphatic rings. The number of aromatic nitrogens is 3. The molecule has 0 bridgehead atoms. The Morgan fingerprint density at radius 3 is 2.77 bits per heavy atom. The number of carbonyl (C=O) groups is 1. The lowest BCUT2D eigenvalue weighted by Gasteiger charge is -2.30. The zero-order valence-corrected chi connectivity index (χ0v) is 16.7. The molecule has 3 N–H and O–H groups in total. The summed E-state index contributed by atoms with van der Waals surface area (Å²) in [4.78, 5) is 18.0. The van der Waals surface area contributed by atoms with Crippen molar-refractivity contribution in [3.8, 4) is 11.1 Å². The van der Waals surface area contributed by atoms with E-state index in [-0.39, 0.29) is 11.4 Å². The van der Waals surface area contributed by atoms with Crippen LogP contribution in [0.4, 0.5) is 5.82 Å². The lowest BCUT2D eigenvalue weighted by molar-refractivity contribution is 0.0412. The van der Waals surface area contributed by atoms with Gasteiger partial charge in [-0.25, -0.2) is 9.78 Å². The van der Waals surface area contributed by atoms with E-state index >= 15 is 0 Å². The van der Waals surface area contributed by atoms with Crippen LogP contribution < -0.4 is 5.73 Å². The minimum absolute atomic E-state index is 0.0162. The highest BCUT2D eigenvalue weighted by atomic mass is 16.5. The Kier molecular flexibility index (Phi) is 4.88. The van der Waals surface area contributed by atoms with Gasteiger partial charge in [0, 0.05) is 55.7 Å². The van der Waals surface area contributed by atoms with Crippen LogP contribution >= 0.6 is 0 Å². The first-order valence-electron chi connectivity index (χ1n) is 10.4. The van der Waals surface area contributed by atoms with Crippen molar-refractivity contribution in [1.82, 2.24) is 19.7 Å². The fraction of sp³-hybridized carbons (Fsp3) is 0.409. The molecule has 0 saturated carbocycles. The number of hydrogen-bond donors (Lipinski definition) is 2. The third-order valence-electron chi connectivity index (χ3n) is 6.28. The summed E-state index contributed by atoms with van der Waals surface area (Å²) >= 11 is 0. The van der Waals surface area contributed by atoms with Gasteiger partial charge in [0.1, 0.15) is 11.4 Å². The molecule has 5 rings (SSSR count). The maximum Gasteiger partial charge on any atom is 0.339 e. The van der Waals surface area contributed by atoms with Gasteiger partial charge in [0.25, 0.3) is 0 Å². The molecule has 2 saturated heterocycles. The minimum Gasteiger partial charge on any atom is -0.478 e. The second-order valence-corrected chi connectivity index (χ2v) is 8.13. The van der Waals surface area contributed by atoms with Crippen molar-refractivity contribution in [2.75, 3.05) is 32.0 Å². The third-order valence-corrected chi connectivity index (χ3v) is 6.28. The van der Waals surface area contributed by atoms with Gasteiger partial charge in [0.05, 0.1) is 11.6 Å². The Morgan fingerprint density at radius 2 is 1.97 bits per heavy atom. The summed E-state index contributed by atoms with van der Waals surface area (Å²) in [5, 5.41) is 15.1. The number of carboxylic acid groups (broad SMARTS) is 1. The molecule has 8 heteroatoms. The summed E-state index contributed by atoms with van der Waals surface area (Å²) in [6, 6.07) is 8.52. The number of nitrogen functional groups attached to an aromatic ring is 1. The van der Waals surface area contributed by atoms with Gasteiger partial charge in [0.15, 0.2) is 0 Å². The molecule has 0 unspecified atom stereocenters. The molecule has 0 amide bonds. The van der Waals surface area contributed by atoms with Crippen LogP contribution in [0.2, 0.25) is 0 Å².